The number of fused-ring (bicyclic) bond motifs is 1. The Morgan fingerprint density at radius 2 is 1.75 bits per heavy atom. The first kappa shape index (κ1) is 21.5. The maximum absolute atomic E-state index is 12.9. The van der Waals surface area contributed by atoms with Gasteiger partial charge in [-0.2, -0.15) is 0 Å². The van der Waals surface area contributed by atoms with Crippen LogP contribution < -0.4 is 10.3 Å². The number of nitro benzene ring substituents is 1. The number of rotatable bonds is 5. The summed E-state index contributed by atoms with van der Waals surface area (Å²) in [5, 5.41) is 11.3. The number of sulfonamides is 1. The third-order valence-corrected chi connectivity index (χ3v) is 6.60. The number of aryl methyl sites for hydroxylation is 1. The van der Waals surface area contributed by atoms with E-state index in [1.807, 2.05) is 0 Å². The summed E-state index contributed by atoms with van der Waals surface area (Å²) < 4.78 is 29.2. The van der Waals surface area contributed by atoms with Crippen LogP contribution in [0.4, 0.5) is 11.4 Å². The van der Waals surface area contributed by atoms with Crippen molar-refractivity contribution in [1.82, 2.24) is 9.55 Å². The number of benzene rings is 3. The van der Waals surface area contributed by atoms with E-state index >= 15 is 0 Å². The van der Waals surface area contributed by atoms with Crippen molar-refractivity contribution in [1.29, 1.82) is 0 Å². The fourth-order valence-electron chi connectivity index (χ4n) is 3.25. The number of aromatic nitrogens is 2. The molecule has 0 atom stereocenters. The van der Waals surface area contributed by atoms with Gasteiger partial charge in [-0.15, -0.1) is 0 Å². The first-order valence-electron chi connectivity index (χ1n) is 9.23. The van der Waals surface area contributed by atoms with Crippen molar-refractivity contribution in [3.63, 3.8) is 0 Å². The van der Waals surface area contributed by atoms with Gasteiger partial charge >= 0.3 is 0 Å². The maximum Gasteiger partial charge on any atom is 0.270 e. The smallest absolute Gasteiger partial charge is 0.270 e. The minimum absolute atomic E-state index is 0.149. The lowest BCUT2D eigenvalue weighted by Gasteiger charge is -2.13. The summed E-state index contributed by atoms with van der Waals surface area (Å²) in [7, 11) is -4.19. The van der Waals surface area contributed by atoms with E-state index in [9.17, 15) is 23.3 Å². The molecule has 1 heterocycles. The Labute approximate surface area is 187 Å². The molecule has 32 heavy (non-hydrogen) atoms. The van der Waals surface area contributed by atoms with Crippen LogP contribution in [0.1, 0.15) is 5.82 Å². The molecule has 1 N–H and O–H groups in total. The van der Waals surface area contributed by atoms with Crippen LogP contribution in [0.2, 0.25) is 5.02 Å². The van der Waals surface area contributed by atoms with Crippen molar-refractivity contribution in [2.45, 2.75) is 11.8 Å². The van der Waals surface area contributed by atoms with Gasteiger partial charge in [0.1, 0.15) is 10.7 Å². The Hall–Kier alpha value is -3.76. The number of anilines is 1. The summed E-state index contributed by atoms with van der Waals surface area (Å²) >= 11 is 5.95. The highest BCUT2D eigenvalue weighted by Crippen LogP contribution is 2.28. The van der Waals surface area contributed by atoms with E-state index in [-0.39, 0.29) is 16.3 Å². The molecule has 0 aliphatic carbocycles. The molecule has 0 spiro atoms. The van der Waals surface area contributed by atoms with Gasteiger partial charge in [0, 0.05) is 17.8 Å². The van der Waals surface area contributed by atoms with Crippen LogP contribution in [0.15, 0.2) is 76.4 Å². The first-order valence-corrected chi connectivity index (χ1v) is 11.1. The third-order valence-electron chi connectivity index (χ3n) is 4.74. The number of para-hydroxylation sites is 1. The Balaban J connectivity index is 1.69. The highest BCUT2D eigenvalue weighted by atomic mass is 35.5. The van der Waals surface area contributed by atoms with Gasteiger partial charge in [0.25, 0.3) is 21.3 Å². The van der Waals surface area contributed by atoms with E-state index in [2.05, 4.69) is 9.71 Å². The predicted octanol–water partition coefficient (Wildman–Crippen LogP) is 4.06. The lowest BCUT2D eigenvalue weighted by Crippen LogP contribution is -2.22. The molecule has 0 saturated heterocycles. The van der Waals surface area contributed by atoms with Crippen LogP contribution in [0, 0.1) is 17.0 Å². The summed E-state index contributed by atoms with van der Waals surface area (Å²) in [6.45, 7) is 1.70. The molecular formula is C21H15ClN4O5S. The van der Waals surface area contributed by atoms with Gasteiger partial charge < -0.3 is 0 Å². The molecule has 9 nitrogen and oxygen atoms in total. The van der Waals surface area contributed by atoms with Crippen molar-refractivity contribution in [3.05, 3.63) is 98.0 Å². The van der Waals surface area contributed by atoms with E-state index in [4.69, 9.17) is 11.6 Å². The highest BCUT2D eigenvalue weighted by molar-refractivity contribution is 7.92. The predicted molar refractivity (Wildman–Crippen MR) is 121 cm³/mol. The average Bonchev–Trinajstić information content (AvgIpc) is 2.74. The lowest BCUT2D eigenvalue weighted by molar-refractivity contribution is -0.385. The number of halogens is 1. The van der Waals surface area contributed by atoms with Crippen LogP contribution in [0.25, 0.3) is 16.6 Å². The number of hydrogen-bond acceptors (Lipinski definition) is 6. The minimum Gasteiger partial charge on any atom is -0.280 e. The summed E-state index contributed by atoms with van der Waals surface area (Å²) in [4.78, 5) is 27.2. The summed E-state index contributed by atoms with van der Waals surface area (Å²) in [6.07, 6.45) is 0. The normalized spacial score (nSPS) is 11.4. The Bertz CT molecular complexity index is 1530. The van der Waals surface area contributed by atoms with Gasteiger partial charge in [-0.1, -0.05) is 23.7 Å². The van der Waals surface area contributed by atoms with Crippen LogP contribution >= 0.6 is 11.6 Å². The van der Waals surface area contributed by atoms with E-state index in [1.54, 1.807) is 43.3 Å². The van der Waals surface area contributed by atoms with Crippen molar-refractivity contribution < 1.29 is 13.3 Å². The summed E-state index contributed by atoms with van der Waals surface area (Å²) in [5.41, 5.74) is 0.635. The number of non-ortho nitro benzene ring substituents is 1. The first-order chi connectivity index (χ1) is 15.2. The summed E-state index contributed by atoms with van der Waals surface area (Å²) in [5.74, 6) is 0.477. The molecular weight excluding hydrogens is 456 g/mol. The molecule has 4 rings (SSSR count). The molecule has 0 radical (unpaired) electrons. The second-order valence-corrected chi connectivity index (χ2v) is 8.90. The van der Waals surface area contributed by atoms with Crippen LogP contribution in [-0.4, -0.2) is 22.9 Å². The van der Waals surface area contributed by atoms with Crippen LogP contribution in [0.3, 0.4) is 0 Å². The Kier molecular flexibility index (Phi) is 5.41. The molecule has 162 valence electrons. The average molecular weight is 471 g/mol. The molecule has 3 aromatic carbocycles. The fourth-order valence-corrected chi connectivity index (χ4v) is 4.83. The second kappa shape index (κ2) is 8.06. The number of nitrogens with one attached hydrogen (secondary N) is 1. The molecule has 0 bridgehead atoms. The number of hydrogen-bond donors (Lipinski definition) is 1. The molecule has 0 aliphatic heterocycles. The zero-order valence-electron chi connectivity index (χ0n) is 16.5. The van der Waals surface area contributed by atoms with Gasteiger partial charge in [0.2, 0.25) is 0 Å². The fraction of sp³-hybridized carbons (Fsp3) is 0.0476. The Morgan fingerprint density at radius 1 is 1.06 bits per heavy atom. The van der Waals surface area contributed by atoms with E-state index in [0.29, 0.717) is 22.4 Å². The molecule has 0 amide bonds. The number of nitro groups is 1. The molecule has 11 heteroatoms. The molecule has 0 aliphatic rings. The van der Waals surface area contributed by atoms with Crippen molar-refractivity contribution in [3.8, 4) is 5.69 Å². The standard InChI is InChI=1S/C21H15ClN4O5S/c1-13-23-19-5-3-2-4-17(19)21(27)25(13)15-8-6-14(7-9-15)24-32(30,31)20-12-16(26(28)29)10-11-18(20)22/h2-12,24H,1H3. The van der Waals surface area contributed by atoms with Crippen molar-refractivity contribution in [2.75, 3.05) is 4.72 Å². The van der Waals surface area contributed by atoms with Crippen molar-refractivity contribution >= 4 is 43.9 Å². The van der Waals surface area contributed by atoms with Crippen molar-refractivity contribution in [2.24, 2.45) is 0 Å². The van der Waals surface area contributed by atoms with Crippen LogP contribution in [0.5, 0.6) is 0 Å². The SMILES string of the molecule is Cc1nc2ccccc2c(=O)n1-c1ccc(NS(=O)(=O)c2cc([N+](=O)[O-])ccc2Cl)cc1. The van der Waals surface area contributed by atoms with Crippen LogP contribution in [-0.2, 0) is 10.0 Å². The molecule has 0 unspecified atom stereocenters. The second-order valence-electron chi connectivity index (χ2n) is 6.84. The monoisotopic (exact) mass is 470 g/mol. The zero-order chi connectivity index (χ0) is 23.0. The topological polar surface area (TPSA) is 124 Å². The lowest BCUT2D eigenvalue weighted by atomic mass is 10.2. The van der Waals surface area contributed by atoms with Gasteiger partial charge in [-0.25, -0.2) is 13.4 Å². The highest BCUT2D eigenvalue weighted by Gasteiger charge is 2.22. The van der Waals surface area contributed by atoms with Gasteiger partial charge in [0.15, 0.2) is 0 Å². The number of nitrogens with zero attached hydrogens (tertiary/aromatic N) is 3. The quantitative estimate of drug-likeness (QED) is 0.346. The third kappa shape index (κ3) is 3.93. The van der Waals surface area contributed by atoms with Gasteiger partial charge in [0.05, 0.1) is 26.5 Å². The zero-order valence-corrected chi connectivity index (χ0v) is 18.1. The van der Waals surface area contributed by atoms with E-state index in [0.717, 1.165) is 18.2 Å². The van der Waals surface area contributed by atoms with E-state index in [1.165, 1.54) is 16.7 Å². The molecule has 4 aromatic rings. The molecule has 0 saturated carbocycles. The maximum atomic E-state index is 12.9. The van der Waals surface area contributed by atoms with Gasteiger partial charge in [-0.3, -0.25) is 24.2 Å². The van der Waals surface area contributed by atoms with Gasteiger partial charge in [-0.05, 0) is 49.4 Å². The molecule has 1 aromatic heterocycles. The summed E-state index contributed by atoms with van der Waals surface area (Å²) in [6, 6.07) is 16.2. The molecule has 0 fully saturated rings. The Morgan fingerprint density at radius 3 is 2.44 bits per heavy atom. The largest absolute Gasteiger partial charge is 0.280 e. The minimum atomic E-state index is -4.19. The van der Waals surface area contributed by atoms with E-state index < -0.39 is 25.5 Å².